The minimum atomic E-state index is 0.268. The Morgan fingerprint density at radius 2 is 2.04 bits per heavy atom. The van der Waals surface area contributed by atoms with Crippen molar-refractivity contribution in [3.05, 3.63) is 36.0 Å². The van der Waals surface area contributed by atoms with Crippen LogP contribution in [0.3, 0.4) is 0 Å². The fraction of sp³-hybridized carbons (Fsp3) is 0.353. The van der Waals surface area contributed by atoms with Gasteiger partial charge in [0.15, 0.2) is 5.84 Å². The number of fused-ring (bicyclic) bond motifs is 2. The van der Waals surface area contributed by atoms with E-state index < -0.39 is 0 Å². The van der Waals surface area contributed by atoms with Gasteiger partial charge in [0.1, 0.15) is 5.82 Å². The topological polar surface area (TPSA) is 117 Å². The first-order valence-corrected chi connectivity index (χ1v) is 8.32. The monoisotopic (exact) mass is 340 g/mol. The van der Waals surface area contributed by atoms with E-state index in [1.165, 1.54) is 5.01 Å². The second-order valence-electron chi connectivity index (χ2n) is 6.60. The minimum Gasteiger partial charge on any atom is -0.352 e. The standard InChI is InChI=1S/C17H24N8/c1-10(2)8-11(3)21-17-20-9-12-15(23-17)22-13-6-4-5-7-14(13)25(19)16(12)24-18/h4-7,9-11H,8,18-19H2,1-3H3,(H2,20,21,22,23)/b24-16-. The van der Waals surface area contributed by atoms with Crippen LogP contribution in [0.15, 0.2) is 35.6 Å². The number of anilines is 4. The first-order valence-electron chi connectivity index (χ1n) is 8.32. The molecule has 3 rings (SSSR count). The van der Waals surface area contributed by atoms with E-state index in [1.807, 2.05) is 24.3 Å². The lowest BCUT2D eigenvalue weighted by molar-refractivity contribution is 0.537. The molecule has 0 saturated heterocycles. The van der Waals surface area contributed by atoms with Crippen LogP contribution in [0.4, 0.5) is 23.1 Å². The summed E-state index contributed by atoms with van der Waals surface area (Å²) < 4.78 is 0. The number of rotatable bonds is 4. The van der Waals surface area contributed by atoms with Gasteiger partial charge in [0.25, 0.3) is 0 Å². The molecule has 8 nitrogen and oxygen atoms in total. The molecule has 0 fully saturated rings. The molecule has 0 aliphatic carbocycles. The molecular formula is C17H24N8. The van der Waals surface area contributed by atoms with Gasteiger partial charge < -0.3 is 16.5 Å². The predicted octanol–water partition coefficient (Wildman–Crippen LogP) is 2.38. The van der Waals surface area contributed by atoms with Crippen molar-refractivity contribution in [1.29, 1.82) is 0 Å². The molecule has 0 amide bonds. The molecule has 0 bridgehead atoms. The predicted molar refractivity (Wildman–Crippen MR) is 102 cm³/mol. The van der Waals surface area contributed by atoms with Crippen LogP contribution in [0.25, 0.3) is 0 Å². The maximum Gasteiger partial charge on any atom is 0.224 e. The molecule has 1 unspecified atom stereocenters. The molecule has 8 heteroatoms. The summed E-state index contributed by atoms with van der Waals surface area (Å²) in [4.78, 5) is 9.00. The van der Waals surface area contributed by atoms with Crippen LogP contribution in [0.2, 0.25) is 0 Å². The third-order valence-electron chi connectivity index (χ3n) is 4.00. The van der Waals surface area contributed by atoms with Gasteiger partial charge in [-0.3, -0.25) is 5.01 Å². The number of benzene rings is 1. The molecule has 6 N–H and O–H groups in total. The van der Waals surface area contributed by atoms with E-state index in [9.17, 15) is 0 Å². The van der Waals surface area contributed by atoms with Crippen molar-refractivity contribution in [2.24, 2.45) is 22.7 Å². The smallest absolute Gasteiger partial charge is 0.224 e. The highest BCUT2D eigenvalue weighted by atomic mass is 15.5. The molecule has 0 radical (unpaired) electrons. The Labute approximate surface area is 147 Å². The lowest BCUT2D eigenvalue weighted by Gasteiger charge is -2.19. The zero-order valence-corrected chi connectivity index (χ0v) is 14.7. The average molecular weight is 340 g/mol. The SMILES string of the molecule is CC(C)CC(C)Nc1ncc2c(n1)Nc1ccccc1N(N)/C2=N\N. The van der Waals surface area contributed by atoms with E-state index in [0.29, 0.717) is 29.1 Å². The fourth-order valence-electron chi connectivity index (χ4n) is 2.99. The van der Waals surface area contributed by atoms with Crippen LogP contribution >= 0.6 is 0 Å². The molecule has 1 aromatic heterocycles. The number of nitrogens with one attached hydrogen (secondary N) is 2. The highest BCUT2D eigenvalue weighted by Crippen LogP contribution is 2.33. The summed E-state index contributed by atoms with van der Waals surface area (Å²) >= 11 is 0. The van der Waals surface area contributed by atoms with Gasteiger partial charge in [0.2, 0.25) is 5.95 Å². The van der Waals surface area contributed by atoms with Crippen LogP contribution in [-0.2, 0) is 0 Å². The molecule has 25 heavy (non-hydrogen) atoms. The van der Waals surface area contributed by atoms with Crippen LogP contribution in [0, 0.1) is 5.92 Å². The number of nitrogens with two attached hydrogens (primary N) is 2. The number of amidine groups is 1. The van der Waals surface area contributed by atoms with Gasteiger partial charge >= 0.3 is 0 Å². The number of hydrazone groups is 1. The van der Waals surface area contributed by atoms with Gasteiger partial charge in [-0.25, -0.2) is 10.8 Å². The molecule has 2 heterocycles. The molecule has 0 spiro atoms. The number of hydrogen-bond acceptors (Lipinski definition) is 7. The Morgan fingerprint density at radius 3 is 2.76 bits per heavy atom. The van der Waals surface area contributed by atoms with E-state index in [4.69, 9.17) is 11.7 Å². The maximum absolute atomic E-state index is 6.20. The van der Waals surface area contributed by atoms with E-state index in [0.717, 1.165) is 17.8 Å². The summed E-state index contributed by atoms with van der Waals surface area (Å²) in [6, 6.07) is 7.90. The van der Waals surface area contributed by atoms with Crippen molar-refractivity contribution in [2.75, 3.05) is 15.6 Å². The Kier molecular flexibility index (Phi) is 4.71. The number of nitrogens with zero attached hydrogens (tertiary/aromatic N) is 4. The van der Waals surface area contributed by atoms with Gasteiger partial charge in [0, 0.05) is 12.2 Å². The van der Waals surface area contributed by atoms with Crippen molar-refractivity contribution < 1.29 is 0 Å². The van der Waals surface area contributed by atoms with Gasteiger partial charge in [-0.15, -0.1) is 0 Å². The minimum absolute atomic E-state index is 0.268. The van der Waals surface area contributed by atoms with Gasteiger partial charge in [-0.2, -0.15) is 10.1 Å². The number of hydrogen-bond donors (Lipinski definition) is 4. The molecule has 0 saturated carbocycles. The molecule has 1 aliphatic rings. The lowest BCUT2D eigenvalue weighted by atomic mass is 10.1. The largest absolute Gasteiger partial charge is 0.352 e. The first-order chi connectivity index (χ1) is 12.0. The first kappa shape index (κ1) is 17.0. The molecule has 1 aromatic carbocycles. The Balaban J connectivity index is 1.98. The average Bonchev–Trinajstić information content (AvgIpc) is 2.67. The zero-order chi connectivity index (χ0) is 18.0. The zero-order valence-electron chi connectivity index (χ0n) is 14.7. The van der Waals surface area contributed by atoms with Crippen LogP contribution in [0.5, 0.6) is 0 Å². The number of aromatic nitrogens is 2. The molecule has 132 valence electrons. The lowest BCUT2D eigenvalue weighted by Crippen LogP contribution is -2.38. The van der Waals surface area contributed by atoms with E-state index in [2.05, 4.69) is 46.5 Å². The normalized spacial score (nSPS) is 16.0. The van der Waals surface area contributed by atoms with Gasteiger partial charge in [0.05, 0.1) is 16.9 Å². The third-order valence-corrected chi connectivity index (χ3v) is 4.00. The quantitative estimate of drug-likeness (QED) is 0.498. The Hall–Kier alpha value is -2.87. The third kappa shape index (κ3) is 3.48. The molecule has 1 aliphatic heterocycles. The summed E-state index contributed by atoms with van der Waals surface area (Å²) in [7, 11) is 0. The summed E-state index contributed by atoms with van der Waals surface area (Å²) in [5.74, 6) is 13.9. The molecular weight excluding hydrogens is 316 g/mol. The second-order valence-corrected chi connectivity index (χ2v) is 6.60. The van der Waals surface area contributed by atoms with Gasteiger partial charge in [-0.05, 0) is 31.4 Å². The number of para-hydroxylation sites is 2. The number of hydrazine groups is 1. The van der Waals surface area contributed by atoms with E-state index in [-0.39, 0.29) is 6.04 Å². The highest BCUT2D eigenvalue weighted by molar-refractivity contribution is 6.15. The summed E-state index contributed by atoms with van der Waals surface area (Å²) in [6.45, 7) is 6.49. The summed E-state index contributed by atoms with van der Waals surface area (Å²) in [6.07, 6.45) is 2.71. The molecule has 1 atom stereocenters. The van der Waals surface area contributed by atoms with Crippen molar-refractivity contribution >= 4 is 29.0 Å². The van der Waals surface area contributed by atoms with Gasteiger partial charge in [-0.1, -0.05) is 26.0 Å². The van der Waals surface area contributed by atoms with Crippen molar-refractivity contribution in [3.8, 4) is 0 Å². The van der Waals surface area contributed by atoms with E-state index >= 15 is 0 Å². The summed E-state index contributed by atoms with van der Waals surface area (Å²) in [5, 5.41) is 11.9. The van der Waals surface area contributed by atoms with Crippen LogP contribution < -0.4 is 27.3 Å². The summed E-state index contributed by atoms with van der Waals surface area (Å²) in [5.41, 5.74) is 2.22. The fourth-order valence-corrected chi connectivity index (χ4v) is 2.99. The Morgan fingerprint density at radius 1 is 1.28 bits per heavy atom. The van der Waals surface area contributed by atoms with Crippen molar-refractivity contribution in [3.63, 3.8) is 0 Å². The van der Waals surface area contributed by atoms with Crippen molar-refractivity contribution in [1.82, 2.24) is 9.97 Å². The second kappa shape index (κ2) is 6.94. The Bertz CT molecular complexity index is 786. The van der Waals surface area contributed by atoms with Crippen LogP contribution in [-0.4, -0.2) is 21.8 Å². The van der Waals surface area contributed by atoms with Crippen LogP contribution in [0.1, 0.15) is 32.8 Å². The molecule has 2 aromatic rings. The highest BCUT2D eigenvalue weighted by Gasteiger charge is 2.25. The van der Waals surface area contributed by atoms with E-state index in [1.54, 1.807) is 6.20 Å². The van der Waals surface area contributed by atoms with Crippen molar-refractivity contribution in [2.45, 2.75) is 33.2 Å². The maximum atomic E-state index is 6.20.